The largest absolute Gasteiger partial charge is 0.490 e. The van der Waals surface area contributed by atoms with E-state index in [1.165, 1.54) is 25.5 Å². The van der Waals surface area contributed by atoms with Gasteiger partial charge in [-0.15, -0.1) is 0 Å². The number of nitro groups is 1. The van der Waals surface area contributed by atoms with E-state index in [1.54, 1.807) is 63.2 Å². The van der Waals surface area contributed by atoms with Gasteiger partial charge in [0, 0.05) is 17.8 Å². The average molecular weight is 698 g/mol. The molecule has 0 aliphatic carbocycles. The first-order valence-electron chi connectivity index (χ1n) is 15.1. The van der Waals surface area contributed by atoms with Crippen LogP contribution in [0.1, 0.15) is 43.5 Å². The summed E-state index contributed by atoms with van der Waals surface area (Å²) in [6.07, 6.45) is 0.205. The fraction of sp³-hybridized carbons (Fsp3) is 0.303. The molecule has 3 aromatic carbocycles. The number of aliphatic hydroxyl groups is 1. The number of rotatable bonds is 16. The van der Waals surface area contributed by atoms with Crippen molar-refractivity contribution in [1.29, 1.82) is 0 Å². The maximum absolute atomic E-state index is 12.5. The van der Waals surface area contributed by atoms with E-state index in [4.69, 9.17) is 35.3 Å². The van der Waals surface area contributed by atoms with Crippen molar-refractivity contribution in [1.82, 2.24) is 16.1 Å². The van der Waals surface area contributed by atoms with Gasteiger partial charge in [-0.2, -0.15) is 5.10 Å². The van der Waals surface area contributed by atoms with Gasteiger partial charge in [0.25, 0.3) is 5.69 Å². The number of esters is 1. The summed E-state index contributed by atoms with van der Waals surface area (Å²) in [6, 6.07) is 12.9. The molecule has 1 aliphatic heterocycles. The number of nitrogens with one attached hydrogen (secondary N) is 3. The van der Waals surface area contributed by atoms with Crippen molar-refractivity contribution in [3.8, 4) is 23.0 Å². The molecule has 0 saturated heterocycles. The lowest BCUT2D eigenvalue weighted by molar-refractivity contribution is -0.384. The van der Waals surface area contributed by atoms with E-state index >= 15 is 0 Å². The van der Waals surface area contributed by atoms with Crippen LogP contribution in [0.3, 0.4) is 0 Å². The van der Waals surface area contributed by atoms with Crippen LogP contribution in [0.2, 0.25) is 5.02 Å². The van der Waals surface area contributed by atoms with E-state index in [1.807, 2.05) is 0 Å². The molecule has 1 heterocycles. The number of amides is 2. The van der Waals surface area contributed by atoms with Crippen LogP contribution in [-0.4, -0.2) is 61.4 Å². The van der Waals surface area contributed by atoms with Gasteiger partial charge in [-0.3, -0.25) is 15.5 Å². The van der Waals surface area contributed by atoms with Gasteiger partial charge in [-0.25, -0.2) is 9.59 Å². The number of methoxy groups -OCH3 is 1. The molecule has 0 bridgehead atoms. The van der Waals surface area contributed by atoms with Crippen LogP contribution in [0, 0.1) is 10.1 Å². The molecule has 260 valence electrons. The number of nitro benzene ring substituents is 1. The smallest absolute Gasteiger partial charge is 0.337 e. The Kier molecular flexibility index (Phi) is 12.6. The maximum atomic E-state index is 12.5. The summed E-state index contributed by atoms with van der Waals surface area (Å²) in [5.41, 5.74) is 4.98. The minimum atomic E-state index is -1.23. The Labute approximate surface area is 286 Å². The number of allylic oxidation sites excluding steroid dienone is 1. The van der Waals surface area contributed by atoms with Gasteiger partial charge in [-0.1, -0.05) is 17.7 Å². The number of carbonyl (C=O) groups is 2. The van der Waals surface area contributed by atoms with Gasteiger partial charge in [0.1, 0.15) is 13.2 Å². The van der Waals surface area contributed by atoms with Crippen LogP contribution < -0.4 is 35.0 Å². The first-order chi connectivity index (χ1) is 23.5. The number of carbonyl (C=O) groups excluding carboxylic acids is 2. The highest BCUT2D eigenvalue weighted by Gasteiger charge is 2.32. The van der Waals surface area contributed by atoms with E-state index in [9.17, 15) is 24.8 Å². The Bertz CT molecular complexity index is 1730. The number of non-ortho nitro benzene ring substituents is 1. The summed E-state index contributed by atoms with van der Waals surface area (Å²) in [6.45, 7) is 5.73. The lowest BCUT2D eigenvalue weighted by atomic mass is 9.95. The highest BCUT2D eigenvalue weighted by atomic mass is 35.5. The van der Waals surface area contributed by atoms with Gasteiger partial charge in [-0.05, 0) is 73.9 Å². The molecule has 2 atom stereocenters. The Morgan fingerprint density at radius 2 is 1.78 bits per heavy atom. The second-order valence-corrected chi connectivity index (χ2v) is 10.8. The molecule has 3 aromatic rings. The Hall–Kier alpha value is -5.54. The van der Waals surface area contributed by atoms with E-state index < -0.39 is 29.2 Å². The second-order valence-electron chi connectivity index (χ2n) is 10.4. The van der Waals surface area contributed by atoms with E-state index in [0.29, 0.717) is 58.6 Å². The first-order valence-corrected chi connectivity index (χ1v) is 15.5. The fourth-order valence-electron chi connectivity index (χ4n) is 4.75. The lowest BCUT2D eigenvalue weighted by Gasteiger charge is -2.28. The van der Waals surface area contributed by atoms with Crippen molar-refractivity contribution in [3.63, 3.8) is 0 Å². The average Bonchev–Trinajstić information content (AvgIpc) is 3.07. The molecule has 0 spiro atoms. The summed E-state index contributed by atoms with van der Waals surface area (Å²) < 4.78 is 28.0. The standard InChI is InChI=1S/C33H36ClN5O10/c1-5-46-26-15-22(30-29(32(41)45-4)19(3)36-33(42)37-30)9-12-25(26)48-18-28(40)38-35-16-21-13-24(34)31(27(14-21)47-6-2)49-17-20-7-10-23(11-8-20)39(43)44/h7-16,28,30,38,40H,5-6,17-18H2,1-4H3,(H2,36,37,42)/b35-16-/t28-,30+/m1/s1. The van der Waals surface area contributed by atoms with E-state index in [2.05, 4.69) is 21.2 Å². The van der Waals surface area contributed by atoms with Crippen molar-refractivity contribution in [2.75, 3.05) is 26.9 Å². The lowest BCUT2D eigenvalue weighted by Crippen LogP contribution is -2.45. The van der Waals surface area contributed by atoms with Crippen LogP contribution in [0.15, 0.2) is 71.0 Å². The number of benzene rings is 3. The molecule has 4 rings (SSSR count). The monoisotopic (exact) mass is 697 g/mol. The molecule has 15 nitrogen and oxygen atoms in total. The second kappa shape index (κ2) is 17.0. The van der Waals surface area contributed by atoms with Crippen LogP contribution in [0.25, 0.3) is 0 Å². The molecule has 4 N–H and O–H groups in total. The number of ether oxygens (including phenoxy) is 5. The molecule has 0 aromatic heterocycles. The number of aliphatic hydroxyl groups excluding tert-OH is 1. The van der Waals surface area contributed by atoms with Crippen molar-refractivity contribution in [2.24, 2.45) is 5.10 Å². The minimum Gasteiger partial charge on any atom is -0.490 e. The Balaban J connectivity index is 1.39. The van der Waals surface area contributed by atoms with Crippen LogP contribution in [-0.2, 0) is 16.1 Å². The Morgan fingerprint density at radius 3 is 2.45 bits per heavy atom. The molecule has 1 aliphatic rings. The molecule has 0 unspecified atom stereocenters. The quantitative estimate of drug-likeness (QED) is 0.0531. The van der Waals surface area contributed by atoms with Crippen molar-refractivity contribution >= 4 is 35.5 Å². The molecule has 0 fully saturated rings. The zero-order valence-corrected chi connectivity index (χ0v) is 27.9. The van der Waals surface area contributed by atoms with Crippen LogP contribution in [0.4, 0.5) is 10.5 Å². The van der Waals surface area contributed by atoms with Crippen LogP contribution in [0.5, 0.6) is 23.0 Å². The molecule has 0 saturated carbocycles. The summed E-state index contributed by atoms with van der Waals surface area (Å²) in [5.74, 6) is 0.713. The first kappa shape index (κ1) is 36.3. The summed E-state index contributed by atoms with van der Waals surface area (Å²) >= 11 is 6.50. The molecule has 49 heavy (non-hydrogen) atoms. The molecule has 2 amide bonds. The third kappa shape index (κ3) is 9.52. The highest BCUT2D eigenvalue weighted by molar-refractivity contribution is 6.32. The predicted molar refractivity (Wildman–Crippen MR) is 179 cm³/mol. The third-order valence-electron chi connectivity index (χ3n) is 6.97. The third-order valence-corrected chi connectivity index (χ3v) is 7.25. The number of urea groups is 1. The zero-order chi connectivity index (χ0) is 35.5. The maximum Gasteiger partial charge on any atom is 0.337 e. The number of hydrazone groups is 1. The number of halogens is 1. The zero-order valence-electron chi connectivity index (χ0n) is 27.2. The van der Waals surface area contributed by atoms with Gasteiger partial charge < -0.3 is 39.4 Å². The van der Waals surface area contributed by atoms with Gasteiger partial charge in [0.15, 0.2) is 29.2 Å². The molecule has 16 heteroatoms. The van der Waals surface area contributed by atoms with E-state index in [0.717, 1.165) is 0 Å². The minimum absolute atomic E-state index is 0.0234. The molecule has 0 radical (unpaired) electrons. The van der Waals surface area contributed by atoms with Gasteiger partial charge in [0.05, 0.1) is 48.1 Å². The normalized spacial score (nSPS) is 14.8. The summed E-state index contributed by atoms with van der Waals surface area (Å²) in [4.78, 5) is 35.1. The van der Waals surface area contributed by atoms with Gasteiger partial charge in [0.2, 0.25) is 0 Å². The van der Waals surface area contributed by atoms with E-state index in [-0.39, 0.29) is 29.5 Å². The van der Waals surface area contributed by atoms with Crippen molar-refractivity contribution in [2.45, 2.75) is 39.6 Å². The van der Waals surface area contributed by atoms with Crippen molar-refractivity contribution in [3.05, 3.63) is 97.7 Å². The number of hydrogen-bond acceptors (Lipinski definition) is 12. The van der Waals surface area contributed by atoms with Crippen LogP contribution >= 0.6 is 11.6 Å². The predicted octanol–water partition coefficient (Wildman–Crippen LogP) is 4.75. The molecular weight excluding hydrogens is 662 g/mol. The van der Waals surface area contributed by atoms with Gasteiger partial charge >= 0.3 is 12.0 Å². The summed E-state index contributed by atoms with van der Waals surface area (Å²) in [7, 11) is 1.26. The SMILES string of the molecule is CCOc1cc([C@@H]2NC(=O)NC(C)=C2C(=O)OC)ccc1OC[C@@H](O)N/N=C\c1cc(Cl)c(OCc2ccc([N+](=O)[O-])cc2)c(OCC)c1. The summed E-state index contributed by atoms with van der Waals surface area (Å²) in [5, 5.41) is 31.0. The number of hydrogen-bond donors (Lipinski definition) is 4. The highest BCUT2D eigenvalue weighted by Crippen LogP contribution is 2.37. The topological polar surface area (TPSA) is 192 Å². The molecular formula is C33H36ClN5O10. The fourth-order valence-corrected chi connectivity index (χ4v) is 5.03. The van der Waals surface area contributed by atoms with Crippen molar-refractivity contribution < 1.29 is 43.3 Å². The Morgan fingerprint density at radius 1 is 1.06 bits per heavy atom. The number of nitrogens with zero attached hydrogens (tertiary/aromatic N) is 2.